The van der Waals surface area contributed by atoms with E-state index in [2.05, 4.69) is 15.2 Å². The van der Waals surface area contributed by atoms with Crippen LogP contribution in [0.25, 0.3) is 11.3 Å². The number of carbonyl (C=O) groups is 1. The number of hydrogen-bond donors (Lipinski definition) is 1. The second-order valence-electron chi connectivity index (χ2n) is 7.87. The van der Waals surface area contributed by atoms with Crippen molar-refractivity contribution < 1.29 is 19.0 Å². The van der Waals surface area contributed by atoms with Gasteiger partial charge in [-0.3, -0.25) is 9.78 Å². The molecular weight excluding hydrogens is 436 g/mol. The summed E-state index contributed by atoms with van der Waals surface area (Å²) in [6.07, 6.45) is 3.44. The zero-order valence-electron chi connectivity index (χ0n) is 18.9. The van der Waals surface area contributed by atoms with Crippen LogP contribution in [0.5, 0.6) is 5.75 Å². The molecule has 0 radical (unpaired) electrons. The molecule has 5 rings (SSSR count). The fourth-order valence-corrected chi connectivity index (χ4v) is 4.00. The minimum absolute atomic E-state index is 0.0639. The van der Waals surface area contributed by atoms with Crippen molar-refractivity contribution in [1.29, 1.82) is 0 Å². The summed E-state index contributed by atoms with van der Waals surface area (Å²) in [4.78, 5) is 30.1. The first-order valence-corrected chi connectivity index (χ1v) is 11.2. The number of hydrogen-bond acceptors (Lipinski definition) is 9. The molecule has 176 valence electrons. The first-order chi connectivity index (χ1) is 16.7. The van der Waals surface area contributed by atoms with Crippen molar-refractivity contribution in [3.8, 4) is 17.0 Å². The second kappa shape index (κ2) is 10.0. The molecule has 0 spiro atoms. The van der Waals surface area contributed by atoms with Crippen LogP contribution in [0.1, 0.15) is 0 Å². The number of methoxy groups -OCH3 is 1. The highest BCUT2D eigenvalue weighted by Gasteiger charge is 2.24. The Hall–Kier alpha value is -3.76. The van der Waals surface area contributed by atoms with Crippen molar-refractivity contribution in [3.05, 3.63) is 48.8 Å². The average Bonchev–Trinajstić information content (AvgIpc) is 2.90. The van der Waals surface area contributed by atoms with Crippen molar-refractivity contribution in [1.82, 2.24) is 15.0 Å². The van der Waals surface area contributed by atoms with Gasteiger partial charge >= 0.3 is 0 Å². The van der Waals surface area contributed by atoms with Crippen LogP contribution in [-0.2, 0) is 14.3 Å². The van der Waals surface area contributed by atoms with E-state index < -0.39 is 0 Å². The first-order valence-electron chi connectivity index (χ1n) is 11.2. The molecule has 1 amide bonds. The van der Waals surface area contributed by atoms with Crippen LogP contribution in [0.3, 0.4) is 0 Å². The van der Waals surface area contributed by atoms with Crippen LogP contribution in [-0.4, -0.2) is 74.0 Å². The third kappa shape index (κ3) is 4.63. The maximum Gasteiger partial charge on any atom is 0.253 e. The van der Waals surface area contributed by atoms with Gasteiger partial charge in [0.05, 0.1) is 38.8 Å². The Kier molecular flexibility index (Phi) is 6.50. The lowest BCUT2D eigenvalue weighted by molar-refractivity contribution is -0.125. The third-order valence-electron chi connectivity index (χ3n) is 5.69. The standard InChI is InChI=1S/C24H26N6O4/c1-32-22-21(17-4-2-6-19(14-17)30-10-13-34-16-20(30)31)27-24(29-8-11-33-12-9-29)28-23(22)26-18-5-3-7-25-15-18/h2-7,14-15H,8-13,16H2,1H3,(H,26,27,28). The van der Waals surface area contributed by atoms with Crippen LogP contribution in [0.15, 0.2) is 48.8 Å². The second-order valence-corrected chi connectivity index (χ2v) is 7.87. The average molecular weight is 463 g/mol. The Labute approximate surface area is 197 Å². The van der Waals surface area contributed by atoms with Crippen molar-refractivity contribution in [2.24, 2.45) is 0 Å². The van der Waals surface area contributed by atoms with Gasteiger partial charge in [-0.2, -0.15) is 4.98 Å². The number of ether oxygens (including phenoxy) is 3. The van der Waals surface area contributed by atoms with Gasteiger partial charge in [0.2, 0.25) is 5.95 Å². The van der Waals surface area contributed by atoms with Crippen LogP contribution in [0, 0.1) is 0 Å². The molecule has 1 aromatic carbocycles. The molecule has 2 fully saturated rings. The molecule has 0 bridgehead atoms. The summed E-state index contributed by atoms with van der Waals surface area (Å²) < 4.78 is 16.6. The van der Waals surface area contributed by atoms with Gasteiger partial charge in [0.1, 0.15) is 12.3 Å². The Morgan fingerprint density at radius 3 is 2.65 bits per heavy atom. The molecule has 10 nitrogen and oxygen atoms in total. The Morgan fingerprint density at radius 1 is 1.03 bits per heavy atom. The number of benzene rings is 1. The SMILES string of the molecule is COc1c(Nc2cccnc2)nc(N2CCOCC2)nc1-c1cccc(N2CCOCC2=O)c1. The molecule has 0 unspecified atom stereocenters. The highest BCUT2D eigenvalue weighted by molar-refractivity contribution is 5.95. The predicted octanol–water partition coefficient (Wildman–Crippen LogP) is 2.49. The monoisotopic (exact) mass is 462 g/mol. The zero-order valence-corrected chi connectivity index (χ0v) is 18.9. The molecular formula is C24H26N6O4. The fourth-order valence-electron chi connectivity index (χ4n) is 4.00. The van der Waals surface area contributed by atoms with Crippen molar-refractivity contribution >= 4 is 29.0 Å². The number of morpholine rings is 2. The Bertz CT molecular complexity index is 1150. The maximum absolute atomic E-state index is 12.4. The molecule has 0 saturated carbocycles. The van der Waals surface area contributed by atoms with E-state index in [-0.39, 0.29) is 12.5 Å². The number of nitrogens with zero attached hydrogens (tertiary/aromatic N) is 5. The lowest BCUT2D eigenvalue weighted by atomic mass is 10.1. The number of nitrogens with one attached hydrogen (secondary N) is 1. The molecule has 0 aliphatic carbocycles. The van der Waals surface area contributed by atoms with E-state index in [1.54, 1.807) is 24.4 Å². The maximum atomic E-state index is 12.4. The first kappa shape index (κ1) is 22.1. The van der Waals surface area contributed by atoms with Gasteiger partial charge < -0.3 is 29.3 Å². The van der Waals surface area contributed by atoms with Crippen molar-refractivity contribution in [2.45, 2.75) is 0 Å². The molecule has 0 atom stereocenters. The fraction of sp³-hybridized carbons (Fsp3) is 0.333. The van der Waals surface area contributed by atoms with Gasteiger partial charge in [0, 0.05) is 37.1 Å². The van der Waals surface area contributed by atoms with Gasteiger partial charge in [0.15, 0.2) is 11.6 Å². The van der Waals surface area contributed by atoms with Crippen LogP contribution in [0.2, 0.25) is 0 Å². The zero-order chi connectivity index (χ0) is 23.3. The Morgan fingerprint density at radius 2 is 1.88 bits per heavy atom. The molecule has 1 N–H and O–H groups in total. The van der Waals surface area contributed by atoms with E-state index in [1.165, 1.54) is 0 Å². The van der Waals surface area contributed by atoms with E-state index in [9.17, 15) is 4.79 Å². The number of aromatic nitrogens is 3. The molecule has 2 aliphatic rings. The van der Waals surface area contributed by atoms with E-state index in [0.717, 1.165) is 16.9 Å². The number of pyridine rings is 1. The Balaban J connectivity index is 1.59. The smallest absolute Gasteiger partial charge is 0.253 e. The molecule has 10 heteroatoms. The predicted molar refractivity (Wildman–Crippen MR) is 128 cm³/mol. The minimum atomic E-state index is -0.0639. The summed E-state index contributed by atoms with van der Waals surface area (Å²) in [7, 11) is 1.60. The number of carbonyl (C=O) groups excluding carboxylic acids is 1. The van der Waals surface area contributed by atoms with Gasteiger partial charge in [-0.05, 0) is 24.3 Å². The quantitative estimate of drug-likeness (QED) is 0.592. The summed E-state index contributed by atoms with van der Waals surface area (Å²) >= 11 is 0. The normalized spacial score (nSPS) is 16.4. The lowest BCUT2D eigenvalue weighted by Gasteiger charge is -2.28. The van der Waals surface area contributed by atoms with Gasteiger partial charge in [-0.1, -0.05) is 12.1 Å². The van der Waals surface area contributed by atoms with E-state index in [4.69, 9.17) is 24.2 Å². The van der Waals surface area contributed by atoms with Gasteiger partial charge in [-0.15, -0.1) is 0 Å². The van der Waals surface area contributed by atoms with Gasteiger partial charge in [0.25, 0.3) is 5.91 Å². The largest absolute Gasteiger partial charge is 0.491 e. The van der Waals surface area contributed by atoms with Crippen LogP contribution >= 0.6 is 0 Å². The summed E-state index contributed by atoms with van der Waals surface area (Å²) in [6.45, 7) is 3.72. The molecule has 2 aliphatic heterocycles. The molecule has 3 aromatic rings. The van der Waals surface area contributed by atoms with E-state index in [0.29, 0.717) is 62.7 Å². The molecule has 2 saturated heterocycles. The molecule has 34 heavy (non-hydrogen) atoms. The number of anilines is 4. The minimum Gasteiger partial charge on any atom is -0.491 e. The highest BCUT2D eigenvalue weighted by Crippen LogP contribution is 2.38. The van der Waals surface area contributed by atoms with Crippen molar-refractivity contribution in [3.63, 3.8) is 0 Å². The third-order valence-corrected chi connectivity index (χ3v) is 5.69. The molecule has 2 aromatic heterocycles. The topological polar surface area (TPSA) is 102 Å². The van der Waals surface area contributed by atoms with Crippen molar-refractivity contribution in [2.75, 3.05) is 68.3 Å². The highest BCUT2D eigenvalue weighted by atomic mass is 16.5. The lowest BCUT2D eigenvalue weighted by Crippen LogP contribution is -2.41. The number of amides is 1. The van der Waals surface area contributed by atoms with Gasteiger partial charge in [-0.25, -0.2) is 4.98 Å². The summed E-state index contributed by atoms with van der Waals surface area (Å²) in [5.74, 6) is 1.56. The molecule has 4 heterocycles. The summed E-state index contributed by atoms with van der Waals surface area (Å²) in [5, 5.41) is 3.32. The van der Waals surface area contributed by atoms with Crippen LogP contribution < -0.4 is 19.9 Å². The number of rotatable bonds is 6. The van der Waals surface area contributed by atoms with Crippen LogP contribution in [0.4, 0.5) is 23.1 Å². The van der Waals surface area contributed by atoms with E-state index >= 15 is 0 Å². The summed E-state index contributed by atoms with van der Waals surface area (Å²) in [6, 6.07) is 11.5. The summed E-state index contributed by atoms with van der Waals surface area (Å²) in [5.41, 5.74) is 3.03. The van der Waals surface area contributed by atoms with E-state index in [1.807, 2.05) is 36.4 Å².